The van der Waals surface area contributed by atoms with E-state index in [1.54, 1.807) is 11.3 Å². The number of anilines is 1. The van der Waals surface area contributed by atoms with Crippen LogP contribution in [0.15, 0.2) is 47.3 Å². The fourth-order valence-corrected chi connectivity index (χ4v) is 5.62. The number of aryl methyl sites for hydroxylation is 1. The van der Waals surface area contributed by atoms with E-state index >= 15 is 0 Å². The van der Waals surface area contributed by atoms with E-state index in [-0.39, 0.29) is 17.5 Å². The summed E-state index contributed by atoms with van der Waals surface area (Å²) in [5.74, 6) is 0.543. The summed E-state index contributed by atoms with van der Waals surface area (Å²) in [5, 5.41) is 3.70. The fraction of sp³-hybridized carbons (Fsp3) is 0.273. The van der Waals surface area contributed by atoms with Gasteiger partial charge in [0.1, 0.15) is 6.04 Å². The van der Waals surface area contributed by atoms with E-state index in [9.17, 15) is 9.59 Å². The quantitative estimate of drug-likeness (QED) is 0.483. The molecule has 0 saturated carbocycles. The number of nitrogens with one attached hydrogen (secondary N) is 2. The third kappa shape index (κ3) is 3.98. The van der Waals surface area contributed by atoms with E-state index in [4.69, 9.17) is 0 Å². The first-order valence-electron chi connectivity index (χ1n) is 10.1. The van der Waals surface area contributed by atoms with Crippen molar-refractivity contribution < 1.29 is 4.79 Å². The molecule has 31 heavy (non-hydrogen) atoms. The number of aromatic nitrogens is 3. The molecule has 3 aromatic heterocycles. The molecule has 0 bridgehead atoms. The van der Waals surface area contributed by atoms with E-state index in [1.165, 1.54) is 11.3 Å². The molecule has 1 amide bonds. The highest BCUT2D eigenvalue weighted by atomic mass is 32.1. The van der Waals surface area contributed by atoms with Crippen LogP contribution in [0.3, 0.4) is 0 Å². The number of fused-ring (bicyclic) bond motifs is 1. The van der Waals surface area contributed by atoms with E-state index in [0.29, 0.717) is 27.8 Å². The fourth-order valence-electron chi connectivity index (χ4n) is 3.79. The van der Waals surface area contributed by atoms with Crippen molar-refractivity contribution in [1.29, 1.82) is 0 Å². The second kappa shape index (κ2) is 8.24. The van der Waals surface area contributed by atoms with Gasteiger partial charge >= 0.3 is 0 Å². The zero-order valence-electron chi connectivity index (χ0n) is 16.9. The molecule has 9 heteroatoms. The second-order valence-corrected chi connectivity index (χ2v) is 9.77. The molecule has 1 aliphatic rings. The number of carbonyl (C=O) groups excluding carboxylic acids is 1. The van der Waals surface area contributed by atoms with Gasteiger partial charge in [0.05, 0.1) is 4.88 Å². The molecule has 7 nitrogen and oxygen atoms in total. The minimum absolute atomic E-state index is 0.0165. The predicted octanol–water partition coefficient (Wildman–Crippen LogP) is 3.70. The average molecular weight is 452 g/mol. The van der Waals surface area contributed by atoms with Gasteiger partial charge in [0.25, 0.3) is 5.56 Å². The Morgan fingerprint density at radius 1 is 1.19 bits per heavy atom. The Morgan fingerprint density at radius 3 is 2.81 bits per heavy atom. The standard InChI is InChI=1S/C22H21N5O2S2/c1-13-9-10-16(30-13)18-25-20(29)17-21(26-18)31-22(24-17)27-11-5-8-15(27)19(28)23-12-14-6-3-2-4-7-14/h2-4,6-7,9-10,15H,5,8,11-12H2,1H3,(H,23,28)(H,25,26,29). The molecule has 158 valence electrons. The molecular weight excluding hydrogens is 430 g/mol. The maximum absolute atomic E-state index is 12.9. The zero-order chi connectivity index (χ0) is 21.4. The Bertz CT molecular complexity index is 1290. The van der Waals surface area contributed by atoms with Crippen LogP contribution in [0, 0.1) is 6.92 Å². The lowest BCUT2D eigenvalue weighted by atomic mass is 10.2. The molecule has 0 spiro atoms. The maximum Gasteiger partial charge on any atom is 0.278 e. The summed E-state index contributed by atoms with van der Waals surface area (Å²) < 4.78 is 0. The van der Waals surface area contributed by atoms with Gasteiger partial charge in [0, 0.05) is 18.0 Å². The Hall–Kier alpha value is -3.04. The van der Waals surface area contributed by atoms with Crippen LogP contribution in [-0.2, 0) is 11.3 Å². The van der Waals surface area contributed by atoms with Crippen LogP contribution in [0.1, 0.15) is 23.3 Å². The number of nitrogens with zero attached hydrogens (tertiary/aromatic N) is 3. The number of aromatic amines is 1. The van der Waals surface area contributed by atoms with Gasteiger partial charge in [-0.2, -0.15) is 0 Å². The third-order valence-electron chi connectivity index (χ3n) is 5.34. The Kier molecular flexibility index (Phi) is 5.29. The van der Waals surface area contributed by atoms with Crippen LogP contribution in [0.25, 0.3) is 21.0 Å². The minimum atomic E-state index is -0.289. The summed E-state index contributed by atoms with van der Waals surface area (Å²) >= 11 is 2.95. The molecule has 4 heterocycles. The van der Waals surface area contributed by atoms with Crippen LogP contribution in [-0.4, -0.2) is 33.4 Å². The molecule has 1 saturated heterocycles. The summed E-state index contributed by atoms with van der Waals surface area (Å²) in [7, 11) is 0. The molecule has 1 aromatic carbocycles. The van der Waals surface area contributed by atoms with Crippen LogP contribution < -0.4 is 15.8 Å². The van der Waals surface area contributed by atoms with E-state index in [2.05, 4.69) is 20.3 Å². The SMILES string of the molecule is Cc1ccc(-c2nc3sc(N4CCCC4C(=O)NCc4ccccc4)nc3c(=O)[nH]2)s1. The van der Waals surface area contributed by atoms with Gasteiger partial charge in [-0.05, 0) is 37.5 Å². The largest absolute Gasteiger partial charge is 0.350 e. The molecule has 1 atom stereocenters. The first kappa shape index (κ1) is 19.9. The summed E-state index contributed by atoms with van der Waals surface area (Å²) in [6, 6.07) is 13.5. The van der Waals surface area contributed by atoms with E-state index in [0.717, 1.165) is 34.7 Å². The lowest BCUT2D eigenvalue weighted by Gasteiger charge is -2.23. The number of H-pyrrole nitrogens is 1. The van der Waals surface area contributed by atoms with Crippen molar-refractivity contribution in [2.24, 2.45) is 0 Å². The van der Waals surface area contributed by atoms with Crippen LogP contribution in [0.4, 0.5) is 5.13 Å². The number of carbonyl (C=O) groups is 1. The number of thiazole rings is 1. The van der Waals surface area contributed by atoms with Crippen molar-refractivity contribution in [3.05, 3.63) is 63.3 Å². The number of amides is 1. The molecule has 1 aliphatic heterocycles. The summed E-state index contributed by atoms with van der Waals surface area (Å²) in [5.41, 5.74) is 1.14. The summed E-state index contributed by atoms with van der Waals surface area (Å²) in [6.45, 7) is 3.25. The average Bonchev–Trinajstić information content (AvgIpc) is 3.51. The lowest BCUT2D eigenvalue weighted by Crippen LogP contribution is -2.43. The van der Waals surface area contributed by atoms with E-state index < -0.39 is 0 Å². The number of rotatable bonds is 5. The van der Waals surface area contributed by atoms with E-state index in [1.807, 2.05) is 54.3 Å². The van der Waals surface area contributed by atoms with Crippen molar-refractivity contribution in [3.63, 3.8) is 0 Å². The van der Waals surface area contributed by atoms with Gasteiger partial charge in [0.15, 0.2) is 21.3 Å². The third-order valence-corrected chi connectivity index (χ3v) is 7.34. The van der Waals surface area contributed by atoms with Gasteiger partial charge in [-0.15, -0.1) is 11.3 Å². The van der Waals surface area contributed by atoms with Gasteiger partial charge < -0.3 is 15.2 Å². The molecule has 1 unspecified atom stereocenters. The van der Waals surface area contributed by atoms with Crippen LogP contribution >= 0.6 is 22.7 Å². The lowest BCUT2D eigenvalue weighted by molar-refractivity contribution is -0.122. The Balaban J connectivity index is 1.39. The maximum atomic E-state index is 12.9. The van der Waals surface area contributed by atoms with Crippen molar-refractivity contribution in [2.45, 2.75) is 32.4 Å². The molecule has 0 radical (unpaired) electrons. The molecule has 0 aliphatic carbocycles. The summed E-state index contributed by atoms with van der Waals surface area (Å²) in [4.78, 5) is 42.2. The first-order chi connectivity index (χ1) is 15.1. The highest BCUT2D eigenvalue weighted by Gasteiger charge is 2.33. The molecule has 2 N–H and O–H groups in total. The molecule has 4 aromatic rings. The molecular formula is C22H21N5O2S2. The van der Waals surface area contributed by atoms with Gasteiger partial charge in [-0.25, -0.2) is 9.97 Å². The number of benzene rings is 1. The zero-order valence-corrected chi connectivity index (χ0v) is 18.6. The second-order valence-electron chi connectivity index (χ2n) is 7.53. The predicted molar refractivity (Wildman–Crippen MR) is 125 cm³/mol. The highest BCUT2D eigenvalue weighted by Crippen LogP contribution is 2.33. The van der Waals surface area contributed by atoms with Gasteiger partial charge in [-0.1, -0.05) is 41.7 Å². The minimum Gasteiger partial charge on any atom is -0.350 e. The Morgan fingerprint density at radius 2 is 2.03 bits per heavy atom. The van der Waals surface area contributed by atoms with Crippen molar-refractivity contribution in [3.8, 4) is 10.7 Å². The van der Waals surface area contributed by atoms with Crippen LogP contribution in [0.2, 0.25) is 0 Å². The van der Waals surface area contributed by atoms with Gasteiger partial charge in [-0.3, -0.25) is 9.59 Å². The van der Waals surface area contributed by atoms with Crippen molar-refractivity contribution in [1.82, 2.24) is 20.3 Å². The Labute approximate surface area is 186 Å². The smallest absolute Gasteiger partial charge is 0.278 e. The monoisotopic (exact) mass is 451 g/mol. The number of hydrogen-bond donors (Lipinski definition) is 2. The van der Waals surface area contributed by atoms with Crippen LogP contribution in [0.5, 0.6) is 0 Å². The van der Waals surface area contributed by atoms with Crippen molar-refractivity contribution in [2.75, 3.05) is 11.4 Å². The summed E-state index contributed by atoms with van der Waals surface area (Å²) in [6.07, 6.45) is 1.67. The molecule has 5 rings (SSSR count). The molecule has 1 fully saturated rings. The first-order valence-corrected chi connectivity index (χ1v) is 11.8. The van der Waals surface area contributed by atoms with Crippen molar-refractivity contribution >= 4 is 44.1 Å². The number of hydrogen-bond acceptors (Lipinski definition) is 7. The topological polar surface area (TPSA) is 91.0 Å². The van der Waals surface area contributed by atoms with Gasteiger partial charge in [0.2, 0.25) is 5.91 Å². The highest BCUT2D eigenvalue weighted by molar-refractivity contribution is 7.21. The normalized spacial score (nSPS) is 16.2. The number of thiophene rings is 1.